The monoisotopic (exact) mass is 332 g/mol. The highest BCUT2D eigenvalue weighted by Gasteiger charge is 2.21. The Bertz CT molecular complexity index is 627. The second-order valence-electron chi connectivity index (χ2n) is 4.89. The molecule has 1 fully saturated rings. The number of methoxy groups -OCH3 is 1. The molecule has 0 amide bonds. The molecule has 1 saturated carbocycles. The Morgan fingerprint density at radius 1 is 1.33 bits per heavy atom. The van der Waals surface area contributed by atoms with Crippen LogP contribution >= 0.6 is 11.6 Å². The summed E-state index contributed by atoms with van der Waals surface area (Å²) >= 11 is 5.88. The lowest BCUT2D eigenvalue weighted by atomic mass is 10.2. The van der Waals surface area contributed by atoms with Crippen molar-refractivity contribution in [3.63, 3.8) is 0 Å². The Hall–Kier alpha value is -1.31. The van der Waals surface area contributed by atoms with E-state index in [0.29, 0.717) is 0 Å². The number of hydrogen-bond donors (Lipinski definition) is 2. The fourth-order valence-electron chi connectivity index (χ4n) is 2.30. The maximum atomic E-state index is 12.0. The lowest BCUT2D eigenvalue weighted by Gasteiger charge is -2.14. The molecule has 21 heavy (non-hydrogen) atoms. The van der Waals surface area contributed by atoms with Gasteiger partial charge in [0.15, 0.2) is 0 Å². The molecule has 1 aromatic carbocycles. The third-order valence-corrected chi connectivity index (χ3v) is 4.78. The summed E-state index contributed by atoms with van der Waals surface area (Å²) in [6.07, 6.45) is 3.74. The highest BCUT2D eigenvalue weighted by molar-refractivity contribution is 7.90. The van der Waals surface area contributed by atoms with Crippen LogP contribution in [0.5, 0.6) is 0 Å². The summed E-state index contributed by atoms with van der Waals surface area (Å²) in [7, 11) is -2.44. The van der Waals surface area contributed by atoms with Gasteiger partial charge in [-0.05, 0) is 31.0 Å². The molecular weight excluding hydrogens is 316 g/mol. The standard InChI is InChI=1S/C13H17ClN2O4S/c1-20-13(17)11-8-10(6-7-12(11)14)16-21(18,19)15-9-4-2-3-5-9/h6-9,15-16H,2-5H2,1H3. The number of anilines is 1. The zero-order valence-electron chi connectivity index (χ0n) is 11.6. The minimum absolute atomic E-state index is 0.0325. The summed E-state index contributed by atoms with van der Waals surface area (Å²) in [5.41, 5.74) is 0.366. The Balaban J connectivity index is 2.13. The van der Waals surface area contributed by atoms with Gasteiger partial charge in [-0.25, -0.2) is 4.79 Å². The molecule has 0 unspecified atom stereocenters. The summed E-state index contributed by atoms with van der Waals surface area (Å²) in [4.78, 5) is 11.5. The normalized spacial score (nSPS) is 15.9. The average Bonchev–Trinajstić information content (AvgIpc) is 2.91. The third-order valence-electron chi connectivity index (χ3n) is 3.30. The van der Waals surface area contributed by atoms with Crippen LogP contribution in [0.15, 0.2) is 18.2 Å². The molecule has 0 bridgehead atoms. The summed E-state index contributed by atoms with van der Waals surface area (Å²) in [6, 6.07) is 4.25. The van der Waals surface area contributed by atoms with Crippen molar-refractivity contribution in [2.45, 2.75) is 31.7 Å². The van der Waals surface area contributed by atoms with E-state index in [2.05, 4.69) is 14.2 Å². The van der Waals surface area contributed by atoms with Gasteiger partial charge in [-0.15, -0.1) is 0 Å². The van der Waals surface area contributed by atoms with Crippen molar-refractivity contribution in [1.82, 2.24) is 4.72 Å². The third kappa shape index (κ3) is 4.33. The second kappa shape index (κ2) is 6.64. The van der Waals surface area contributed by atoms with Gasteiger partial charge in [0.05, 0.1) is 23.4 Å². The Labute approximate surface area is 129 Å². The molecule has 1 aromatic rings. The minimum atomic E-state index is -3.68. The first-order chi connectivity index (χ1) is 9.91. The number of halogens is 1. The van der Waals surface area contributed by atoms with Gasteiger partial charge in [-0.3, -0.25) is 4.72 Å². The molecule has 0 spiro atoms. The molecule has 0 aliphatic heterocycles. The summed E-state index contributed by atoms with van der Waals surface area (Å²) < 4.78 is 33.6. The van der Waals surface area contributed by atoms with Crippen LogP contribution < -0.4 is 9.44 Å². The number of rotatable bonds is 5. The lowest BCUT2D eigenvalue weighted by molar-refractivity contribution is 0.0601. The molecule has 0 aromatic heterocycles. The molecular formula is C13H17ClN2O4S. The first kappa shape index (κ1) is 16.1. The lowest BCUT2D eigenvalue weighted by Crippen LogP contribution is -2.37. The zero-order chi connectivity index (χ0) is 15.5. The molecule has 6 nitrogen and oxygen atoms in total. The predicted molar refractivity (Wildman–Crippen MR) is 80.7 cm³/mol. The van der Waals surface area contributed by atoms with Crippen LogP contribution in [0.1, 0.15) is 36.0 Å². The van der Waals surface area contributed by atoms with Gasteiger partial charge in [0.25, 0.3) is 10.2 Å². The molecule has 2 N–H and O–H groups in total. The van der Waals surface area contributed by atoms with E-state index in [1.54, 1.807) is 0 Å². The largest absolute Gasteiger partial charge is 0.465 e. The van der Waals surface area contributed by atoms with E-state index in [9.17, 15) is 13.2 Å². The number of hydrogen-bond acceptors (Lipinski definition) is 4. The molecule has 0 saturated heterocycles. The number of carbonyl (C=O) groups is 1. The highest BCUT2D eigenvalue weighted by atomic mass is 35.5. The van der Waals surface area contributed by atoms with E-state index in [1.807, 2.05) is 0 Å². The predicted octanol–water partition coefficient (Wildman–Crippen LogP) is 2.32. The number of ether oxygens (including phenoxy) is 1. The average molecular weight is 333 g/mol. The van der Waals surface area contributed by atoms with E-state index in [1.165, 1.54) is 25.3 Å². The second-order valence-corrected chi connectivity index (χ2v) is 6.74. The van der Waals surface area contributed by atoms with Crippen molar-refractivity contribution in [2.24, 2.45) is 0 Å². The highest BCUT2D eigenvalue weighted by Crippen LogP contribution is 2.23. The first-order valence-corrected chi connectivity index (χ1v) is 8.45. The molecule has 0 radical (unpaired) electrons. The van der Waals surface area contributed by atoms with Crippen LogP contribution in [0.4, 0.5) is 5.69 Å². The van der Waals surface area contributed by atoms with Crippen LogP contribution in [0.25, 0.3) is 0 Å². The van der Waals surface area contributed by atoms with Gasteiger partial charge >= 0.3 is 5.97 Å². The van der Waals surface area contributed by atoms with Crippen molar-refractivity contribution in [3.8, 4) is 0 Å². The molecule has 0 atom stereocenters. The van der Waals surface area contributed by atoms with Crippen LogP contribution in [0.3, 0.4) is 0 Å². The maximum absolute atomic E-state index is 12.0. The van der Waals surface area contributed by atoms with Crippen molar-refractivity contribution in [1.29, 1.82) is 0 Å². The molecule has 1 aliphatic rings. The molecule has 116 valence electrons. The van der Waals surface area contributed by atoms with Gasteiger partial charge in [-0.2, -0.15) is 13.1 Å². The van der Waals surface area contributed by atoms with Crippen molar-refractivity contribution < 1.29 is 17.9 Å². The van der Waals surface area contributed by atoms with E-state index in [4.69, 9.17) is 11.6 Å². The van der Waals surface area contributed by atoms with Crippen molar-refractivity contribution >= 4 is 33.5 Å². The molecule has 0 heterocycles. The first-order valence-electron chi connectivity index (χ1n) is 6.59. The van der Waals surface area contributed by atoms with E-state index in [-0.39, 0.29) is 22.3 Å². The number of esters is 1. The Morgan fingerprint density at radius 3 is 2.62 bits per heavy atom. The van der Waals surface area contributed by atoms with Gasteiger partial charge < -0.3 is 4.74 Å². The van der Waals surface area contributed by atoms with Gasteiger partial charge in [0.1, 0.15) is 0 Å². The van der Waals surface area contributed by atoms with E-state index < -0.39 is 16.2 Å². The van der Waals surface area contributed by atoms with Crippen molar-refractivity contribution in [2.75, 3.05) is 11.8 Å². The zero-order valence-corrected chi connectivity index (χ0v) is 13.1. The smallest absolute Gasteiger partial charge is 0.339 e. The van der Waals surface area contributed by atoms with Crippen molar-refractivity contribution in [3.05, 3.63) is 28.8 Å². The topological polar surface area (TPSA) is 84.5 Å². The van der Waals surface area contributed by atoms with Crippen LogP contribution in [0, 0.1) is 0 Å². The van der Waals surface area contributed by atoms with E-state index >= 15 is 0 Å². The number of carbonyl (C=O) groups excluding carboxylic acids is 1. The van der Waals surface area contributed by atoms with Crippen LogP contribution in [0.2, 0.25) is 5.02 Å². The molecule has 8 heteroatoms. The Morgan fingerprint density at radius 2 is 2.00 bits per heavy atom. The van der Waals surface area contributed by atoms with Crippen LogP contribution in [-0.4, -0.2) is 27.5 Å². The fourth-order valence-corrected chi connectivity index (χ4v) is 3.67. The number of benzene rings is 1. The maximum Gasteiger partial charge on any atom is 0.339 e. The summed E-state index contributed by atoms with van der Waals surface area (Å²) in [5, 5.41) is 0.202. The Kier molecular flexibility index (Phi) is 5.08. The minimum Gasteiger partial charge on any atom is -0.465 e. The summed E-state index contributed by atoms with van der Waals surface area (Å²) in [5.74, 6) is -0.621. The van der Waals surface area contributed by atoms with Gasteiger partial charge in [-0.1, -0.05) is 24.4 Å². The SMILES string of the molecule is COC(=O)c1cc(NS(=O)(=O)NC2CCCC2)ccc1Cl. The molecule has 1 aliphatic carbocycles. The van der Waals surface area contributed by atoms with E-state index in [0.717, 1.165) is 25.7 Å². The van der Waals surface area contributed by atoms with Gasteiger partial charge in [0, 0.05) is 6.04 Å². The van der Waals surface area contributed by atoms with Gasteiger partial charge in [0.2, 0.25) is 0 Å². The fraction of sp³-hybridized carbons (Fsp3) is 0.462. The number of nitrogens with one attached hydrogen (secondary N) is 2. The quantitative estimate of drug-likeness (QED) is 0.810. The van der Waals surface area contributed by atoms with Crippen LogP contribution in [-0.2, 0) is 14.9 Å². The molecule has 2 rings (SSSR count). The summed E-state index contributed by atoms with van der Waals surface area (Å²) in [6.45, 7) is 0.